The number of aromatic amines is 1. The summed E-state index contributed by atoms with van der Waals surface area (Å²) in [5, 5.41) is 1.15. The number of para-hydroxylation sites is 1. The van der Waals surface area contributed by atoms with Gasteiger partial charge in [0.15, 0.2) is 0 Å². The highest BCUT2D eigenvalue weighted by Gasteiger charge is 2.21. The Labute approximate surface area is 126 Å². The Bertz CT molecular complexity index is 584. The van der Waals surface area contributed by atoms with E-state index in [1.165, 1.54) is 0 Å². The molecule has 0 aliphatic carbocycles. The lowest BCUT2D eigenvalue weighted by Gasteiger charge is -2.24. The molecule has 0 saturated carbocycles. The van der Waals surface area contributed by atoms with Crippen molar-refractivity contribution in [2.45, 2.75) is 39.2 Å². The van der Waals surface area contributed by atoms with Gasteiger partial charge in [-0.1, -0.05) is 32.0 Å². The van der Waals surface area contributed by atoms with Crippen LogP contribution < -0.4 is 5.73 Å². The fraction of sp³-hybridized carbons (Fsp3) is 0.471. The Morgan fingerprint density at radius 3 is 2.57 bits per heavy atom. The van der Waals surface area contributed by atoms with Crippen molar-refractivity contribution < 1.29 is 4.79 Å². The summed E-state index contributed by atoms with van der Waals surface area (Å²) in [6.45, 7) is 5.74. The lowest BCUT2D eigenvalue weighted by molar-refractivity contribution is -0.132. The van der Waals surface area contributed by atoms with E-state index in [4.69, 9.17) is 5.73 Å². The van der Waals surface area contributed by atoms with Crippen molar-refractivity contribution in [1.29, 1.82) is 0 Å². The molecule has 0 fully saturated rings. The standard InChI is InChI=1S/C17H25N3O/c1-3-9-20(10-4-2)17(21)15(18)11-13-12-19-16-8-6-5-7-14(13)16/h5-8,12,15,19H,3-4,9-11,18H2,1-2H3/t15-/m1/s1. The SMILES string of the molecule is CCCN(CCC)C(=O)[C@H](N)Cc1c[nH]c2ccccc12. The molecule has 1 aromatic carbocycles. The Hall–Kier alpha value is -1.81. The third-order valence-corrected chi connectivity index (χ3v) is 3.73. The maximum atomic E-state index is 12.5. The molecule has 3 N–H and O–H groups in total. The van der Waals surface area contributed by atoms with E-state index in [1.54, 1.807) is 0 Å². The number of aromatic nitrogens is 1. The second-order valence-electron chi connectivity index (χ2n) is 5.50. The van der Waals surface area contributed by atoms with Gasteiger partial charge >= 0.3 is 0 Å². The summed E-state index contributed by atoms with van der Waals surface area (Å²) < 4.78 is 0. The maximum absolute atomic E-state index is 12.5. The van der Waals surface area contributed by atoms with Gasteiger partial charge in [0.25, 0.3) is 0 Å². The third kappa shape index (κ3) is 3.64. The van der Waals surface area contributed by atoms with E-state index in [0.29, 0.717) is 6.42 Å². The van der Waals surface area contributed by atoms with E-state index in [9.17, 15) is 4.79 Å². The number of hydrogen-bond acceptors (Lipinski definition) is 2. The van der Waals surface area contributed by atoms with Crippen molar-refractivity contribution in [3.63, 3.8) is 0 Å². The fourth-order valence-corrected chi connectivity index (χ4v) is 2.73. The first kappa shape index (κ1) is 15.6. The van der Waals surface area contributed by atoms with Crippen LogP contribution in [0.4, 0.5) is 0 Å². The summed E-state index contributed by atoms with van der Waals surface area (Å²) in [5.41, 5.74) is 8.36. The maximum Gasteiger partial charge on any atom is 0.239 e. The van der Waals surface area contributed by atoms with Crippen LogP contribution >= 0.6 is 0 Å². The number of fused-ring (bicyclic) bond motifs is 1. The number of amides is 1. The van der Waals surface area contributed by atoms with Crippen LogP contribution in [0.25, 0.3) is 10.9 Å². The second-order valence-corrected chi connectivity index (χ2v) is 5.50. The summed E-state index contributed by atoms with van der Waals surface area (Å²) in [7, 11) is 0. The molecule has 0 saturated heterocycles. The molecule has 4 heteroatoms. The molecular weight excluding hydrogens is 262 g/mol. The zero-order valence-electron chi connectivity index (χ0n) is 12.9. The third-order valence-electron chi connectivity index (χ3n) is 3.73. The summed E-state index contributed by atoms with van der Waals surface area (Å²) in [6, 6.07) is 7.63. The number of carbonyl (C=O) groups excluding carboxylic acids is 1. The Morgan fingerprint density at radius 2 is 1.90 bits per heavy atom. The number of nitrogens with two attached hydrogens (primary N) is 1. The minimum atomic E-state index is -0.470. The molecule has 0 unspecified atom stereocenters. The number of nitrogens with zero attached hydrogens (tertiary/aromatic N) is 1. The Balaban J connectivity index is 2.09. The highest BCUT2D eigenvalue weighted by atomic mass is 16.2. The average Bonchev–Trinajstić information content (AvgIpc) is 2.89. The van der Waals surface area contributed by atoms with E-state index < -0.39 is 6.04 Å². The summed E-state index contributed by atoms with van der Waals surface area (Å²) in [5.74, 6) is 0.0592. The minimum Gasteiger partial charge on any atom is -0.361 e. The van der Waals surface area contributed by atoms with Crippen molar-refractivity contribution in [3.05, 3.63) is 36.0 Å². The van der Waals surface area contributed by atoms with Gasteiger partial charge in [-0.3, -0.25) is 4.79 Å². The Kier molecular flexibility index (Phi) is 5.39. The lowest BCUT2D eigenvalue weighted by atomic mass is 10.0. The van der Waals surface area contributed by atoms with Gasteiger partial charge in [-0.05, 0) is 30.9 Å². The van der Waals surface area contributed by atoms with E-state index in [0.717, 1.165) is 42.4 Å². The van der Waals surface area contributed by atoms with Gasteiger partial charge in [0.05, 0.1) is 6.04 Å². The molecule has 0 radical (unpaired) electrons. The molecule has 0 aliphatic heterocycles. The molecule has 1 atom stereocenters. The quantitative estimate of drug-likeness (QED) is 0.822. The molecule has 114 valence electrons. The zero-order chi connectivity index (χ0) is 15.2. The predicted octanol–water partition coefficient (Wildman–Crippen LogP) is 2.69. The summed E-state index contributed by atoms with van der Waals surface area (Å²) >= 11 is 0. The molecule has 2 aromatic rings. The van der Waals surface area contributed by atoms with Crippen LogP contribution in [0.3, 0.4) is 0 Å². The van der Waals surface area contributed by atoms with Gasteiger partial charge in [0.2, 0.25) is 5.91 Å². The number of H-pyrrole nitrogens is 1. The fourth-order valence-electron chi connectivity index (χ4n) is 2.73. The van der Waals surface area contributed by atoms with Crippen molar-refractivity contribution in [3.8, 4) is 0 Å². The second kappa shape index (κ2) is 7.27. The molecule has 1 heterocycles. The first-order chi connectivity index (χ1) is 10.2. The molecule has 21 heavy (non-hydrogen) atoms. The van der Waals surface area contributed by atoms with Crippen LogP contribution in [0, 0.1) is 0 Å². The van der Waals surface area contributed by atoms with Gasteiger partial charge in [0.1, 0.15) is 0 Å². The van der Waals surface area contributed by atoms with Crippen molar-refractivity contribution in [2.75, 3.05) is 13.1 Å². The van der Waals surface area contributed by atoms with Crippen LogP contribution in [0.2, 0.25) is 0 Å². The molecule has 4 nitrogen and oxygen atoms in total. The molecule has 2 rings (SSSR count). The van der Waals surface area contributed by atoms with Gasteiger partial charge in [-0.2, -0.15) is 0 Å². The highest BCUT2D eigenvalue weighted by Crippen LogP contribution is 2.19. The minimum absolute atomic E-state index is 0.0592. The Morgan fingerprint density at radius 1 is 1.24 bits per heavy atom. The van der Waals surface area contributed by atoms with E-state index in [-0.39, 0.29) is 5.91 Å². The smallest absolute Gasteiger partial charge is 0.239 e. The van der Waals surface area contributed by atoms with Crippen LogP contribution in [0.5, 0.6) is 0 Å². The topological polar surface area (TPSA) is 62.1 Å². The van der Waals surface area contributed by atoms with Crippen LogP contribution in [0.15, 0.2) is 30.5 Å². The zero-order valence-corrected chi connectivity index (χ0v) is 12.9. The number of hydrogen-bond donors (Lipinski definition) is 2. The monoisotopic (exact) mass is 287 g/mol. The largest absolute Gasteiger partial charge is 0.361 e. The molecule has 1 aromatic heterocycles. The van der Waals surface area contributed by atoms with Crippen molar-refractivity contribution in [1.82, 2.24) is 9.88 Å². The average molecular weight is 287 g/mol. The summed E-state index contributed by atoms with van der Waals surface area (Å²) in [6.07, 6.45) is 4.46. The first-order valence-corrected chi connectivity index (χ1v) is 7.76. The van der Waals surface area contributed by atoms with E-state index in [1.807, 2.05) is 29.3 Å². The molecule has 0 bridgehead atoms. The number of nitrogens with one attached hydrogen (secondary N) is 1. The summed E-state index contributed by atoms with van der Waals surface area (Å²) in [4.78, 5) is 17.6. The van der Waals surface area contributed by atoms with Gasteiger partial charge in [-0.25, -0.2) is 0 Å². The number of carbonyl (C=O) groups is 1. The highest BCUT2D eigenvalue weighted by molar-refractivity contribution is 5.86. The molecular formula is C17H25N3O. The van der Waals surface area contributed by atoms with Gasteiger partial charge in [-0.15, -0.1) is 0 Å². The van der Waals surface area contributed by atoms with Crippen LogP contribution in [-0.4, -0.2) is 34.9 Å². The lowest BCUT2D eigenvalue weighted by Crippen LogP contribution is -2.45. The molecule has 0 aliphatic rings. The molecule has 1 amide bonds. The number of benzene rings is 1. The van der Waals surface area contributed by atoms with Crippen molar-refractivity contribution >= 4 is 16.8 Å². The van der Waals surface area contributed by atoms with Gasteiger partial charge in [0, 0.05) is 30.2 Å². The number of rotatable bonds is 7. The molecule has 0 spiro atoms. The first-order valence-electron chi connectivity index (χ1n) is 7.76. The van der Waals surface area contributed by atoms with Gasteiger partial charge < -0.3 is 15.6 Å². The normalized spacial score (nSPS) is 12.5. The van der Waals surface area contributed by atoms with Crippen LogP contribution in [0.1, 0.15) is 32.3 Å². The van der Waals surface area contributed by atoms with Crippen LogP contribution in [-0.2, 0) is 11.2 Å². The van der Waals surface area contributed by atoms with Crippen molar-refractivity contribution in [2.24, 2.45) is 5.73 Å². The van der Waals surface area contributed by atoms with E-state index in [2.05, 4.69) is 24.9 Å². The van der Waals surface area contributed by atoms with E-state index >= 15 is 0 Å². The predicted molar refractivity (Wildman–Crippen MR) is 87.1 cm³/mol.